The van der Waals surface area contributed by atoms with Gasteiger partial charge in [0, 0.05) is 12.6 Å². The van der Waals surface area contributed by atoms with E-state index < -0.39 is 0 Å². The lowest BCUT2D eigenvalue weighted by molar-refractivity contribution is 0.0481. The zero-order valence-corrected chi connectivity index (χ0v) is 9.99. The number of aliphatic hydroxyl groups is 1. The van der Waals surface area contributed by atoms with Crippen LogP contribution in [0.15, 0.2) is 0 Å². The molecule has 0 spiro atoms. The molecular formula is C13H25NO. The Morgan fingerprint density at radius 2 is 1.93 bits per heavy atom. The summed E-state index contributed by atoms with van der Waals surface area (Å²) in [4.78, 5) is 2.65. The Morgan fingerprint density at radius 1 is 1.20 bits per heavy atom. The lowest BCUT2D eigenvalue weighted by Gasteiger charge is -2.44. The van der Waals surface area contributed by atoms with E-state index in [0.29, 0.717) is 0 Å². The Kier molecular flexibility index (Phi) is 4.04. The monoisotopic (exact) mass is 211 g/mol. The molecule has 2 heteroatoms. The molecule has 0 amide bonds. The first kappa shape index (κ1) is 11.4. The van der Waals surface area contributed by atoms with Crippen LogP contribution in [0, 0.1) is 5.92 Å². The summed E-state index contributed by atoms with van der Waals surface area (Å²) in [6.07, 6.45) is 9.38. The molecule has 2 rings (SSSR count). The van der Waals surface area contributed by atoms with Crippen molar-refractivity contribution in [2.75, 3.05) is 13.1 Å². The SMILES string of the molecule is CC(O)CCN1CCC[C@H]2CCCC[C@H]21. The highest BCUT2D eigenvalue weighted by molar-refractivity contribution is 4.87. The molecule has 1 saturated heterocycles. The maximum absolute atomic E-state index is 9.35. The van der Waals surface area contributed by atoms with Gasteiger partial charge in [-0.05, 0) is 51.5 Å². The van der Waals surface area contributed by atoms with Gasteiger partial charge in [0.25, 0.3) is 0 Å². The molecule has 2 fully saturated rings. The van der Waals surface area contributed by atoms with Crippen molar-refractivity contribution in [1.82, 2.24) is 4.90 Å². The lowest BCUT2D eigenvalue weighted by atomic mass is 9.78. The minimum atomic E-state index is -0.131. The largest absolute Gasteiger partial charge is 0.393 e. The normalized spacial score (nSPS) is 34.8. The summed E-state index contributed by atoms with van der Waals surface area (Å²) in [5.74, 6) is 0.974. The van der Waals surface area contributed by atoms with E-state index in [2.05, 4.69) is 4.90 Å². The van der Waals surface area contributed by atoms with Crippen molar-refractivity contribution in [3.05, 3.63) is 0 Å². The first-order chi connectivity index (χ1) is 7.27. The fraction of sp³-hybridized carbons (Fsp3) is 1.00. The number of piperidine rings is 1. The van der Waals surface area contributed by atoms with E-state index in [1.807, 2.05) is 6.92 Å². The summed E-state index contributed by atoms with van der Waals surface area (Å²) >= 11 is 0. The molecule has 0 aromatic rings. The van der Waals surface area contributed by atoms with E-state index in [4.69, 9.17) is 0 Å². The van der Waals surface area contributed by atoms with Crippen LogP contribution in [-0.2, 0) is 0 Å². The van der Waals surface area contributed by atoms with Gasteiger partial charge < -0.3 is 10.0 Å². The summed E-state index contributed by atoms with van der Waals surface area (Å²) in [5.41, 5.74) is 0. The zero-order valence-electron chi connectivity index (χ0n) is 9.99. The van der Waals surface area contributed by atoms with Gasteiger partial charge in [0.1, 0.15) is 0 Å². The van der Waals surface area contributed by atoms with Crippen molar-refractivity contribution in [2.45, 2.75) is 64.0 Å². The van der Waals surface area contributed by atoms with Crippen LogP contribution in [0.2, 0.25) is 0 Å². The second-order valence-electron chi connectivity index (χ2n) is 5.43. The Morgan fingerprint density at radius 3 is 2.73 bits per heavy atom. The van der Waals surface area contributed by atoms with Crippen molar-refractivity contribution >= 4 is 0 Å². The fourth-order valence-corrected chi connectivity index (χ4v) is 3.36. The Balaban J connectivity index is 1.86. The van der Waals surface area contributed by atoms with Gasteiger partial charge in [0.15, 0.2) is 0 Å². The van der Waals surface area contributed by atoms with Crippen LogP contribution in [-0.4, -0.2) is 35.2 Å². The summed E-state index contributed by atoms with van der Waals surface area (Å²) < 4.78 is 0. The van der Waals surface area contributed by atoms with E-state index in [-0.39, 0.29) is 6.10 Å². The minimum absolute atomic E-state index is 0.131. The van der Waals surface area contributed by atoms with E-state index in [0.717, 1.165) is 24.9 Å². The minimum Gasteiger partial charge on any atom is -0.393 e. The smallest absolute Gasteiger partial charge is 0.0524 e. The van der Waals surface area contributed by atoms with Gasteiger partial charge in [-0.1, -0.05) is 12.8 Å². The summed E-state index contributed by atoms with van der Waals surface area (Å²) in [6.45, 7) is 4.29. The van der Waals surface area contributed by atoms with E-state index in [9.17, 15) is 5.11 Å². The van der Waals surface area contributed by atoms with Crippen molar-refractivity contribution in [2.24, 2.45) is 5.92 Å². The number of hydrogen-bond donors (Lipinski definition) is 1. The van der Waals surface area contributed by atoms with Gasteiger partial charge in [0.05, 0.1) is 6.10 Å². The molecule has 88 valence electrons. The van der Waals surface area contributed by atoms with Crippen LogP contribution >= 0.6 is 0 Å². The molecule has 1 aliphatic heterocycles. The molecule has 0 aromatic heterocycles. The highest BCUT2D eigenvalue weighted by Crippen LogP contribution is 2.35. The highest BCUT2D eigenvalue weighted by atomic mass is 16.3. The first-order valence-corrected chi connectivity index (χ1v) is 6.69. The molecule has 3 atom stereocenters. The van der Waals surface area contributed by atoms with Gasteiger partial charge in [-0.15, -0.1) is 0 Å². The van der Waals surface area contributed by atoms with Crippen LogP contribution in [0.25, 0.3) is 0 Å². The predicted molar refractivity (Wildman–Crippen MR) is 62.9 cm³/mol. The van der Waals surface area contributed by atoms with Crippen LogP contribution < -0.4 is 0 Å². The third kappa shape index (κ3) is 2.94. The summed E-state index contributed by atoms with van der Waals surface area (Å²) in [5, 5.41) is 9.35. The predicted octanol–water partition coefficient (Wildman–Crippen LogP) is 2.41. The first-order valence-electron chi connectivity index (χ1n) is 6.69. The number of hydrogen-bond acceptors (Lipinski definition) is 2. The van der Waals surface area contributed by atoms with Crippen LogP contribution in [0.3, 0.4) is 0 Å². The topological polar surface area (TPSA) is 23.5 Å². The quantitative estimate of drug-likeness (QED) is 0.775. The third-order valence-electron chi connectivity index (χ3n) is 4.19. The molecular weight excluding hydrogens is 186 g/mol. The molecule has 1 saturated carbocycles. The molecule has 0 aromatic carbocycles. The third-order valence-corrected chi connectivity index (χ3v) is 4.19. The van der Waals surface area contributed by atoms with Gasteiger partial charge in [-0.3, -0.25) is 0 Å². The highest BCUT2D eigenvalue weighted by Gasteiger charge is 2.32. The summed E-state index contributed by atoms with van der Waals surface area (Å²) in [6, 6.07) is 0.853. The lowest BCUT2D eigenvalue weighted by Crippen LogP contribution is -2.47. The maximum atomic E-state index is 9.35. The molecule has 1 heterocycles. The van der Waals surface area contributed by atoms with E-state index in [1.54, 1.807) is 0 Å². The maximum Gasteiger partial charge on any atom is 0.0524 e. The van der Waals surface area contributed by atoms with Gasteiger partial charge in [-0.25, -0.2) is 0 Å². The average Bonchev–Trinajstić information content (AvgIpc) is 2.26. The molecule has 1 N–H and O–H groups in total. The van der Waals surface area contributed by atoms with Crippen LogP contribution in [0.4, 0.5) is 0 Å². The molecule has 2 nitrogen and oxygen atoms in total. The number of rotatable bonds is 3. The van der Waals surface area contributed by atoms with Crippen molar-refractivity contribution in [3.8, 4) is 0 Å². The molecule has 2 aliphatic rings. The number of nitrogens with zero attached hydrogens (tertiary/aromatic N) is 1. The Bertz CT molecular complexity index is 191. The van der Waals surface area contributed by atoms with Crippen molar-refractivity contribution < 1.29 is 5.11 Å². The molecule has 1 unspecified atom stereocenters. The van der Waals surface area contributed by atoms with Gasteiger partial charge in [-0.2, -0.15) is 0 Å². The second kappa shape index (κ2) is 5.31. The van der Waals surface area contributed by atoms with E-state index in [1.165, 1.54) is 45.1 Å². The zero-order chi connectivity index (χ0) is 10.7. The molecule has 1 aliphatic carbocycles. The fourth-order valence-electron chi connectivity index (χ4n) is 3.36. The molecule has 0 bridgehead atoms. The Labute approximate surface area is 93.7 Å². The van der Waals surface area contributed by atoms with Crippen molar-refractivity contribution in [1.29, 1.82) is 0 Å². The Hall–Kier alpha value is -0.0800. The molecule has 0 radical (unpaired) electrons. The summed E-state index contributed by atoms with van der Waals surface area (Å²) in [7, 11) is 0. The van der Waals surface area contributed by atoms with Crippen molar-refractivity contribution in [3.63, 3.8) is 0 Å². The second-order valence-corrected chi connectivity index (χ2v) is 5.43. The number of likely N-dealkylation sites (tertiary alicyclic amines) is 1. The standard InChI is InChI=1S/C13H25NO/c1-11(15)8-10-14-9-4-6-12-5-2-3-7-13(12)14/h11-13,15H,2-10H2,1H3/t11?,12-,13-/m1/s1. The van der Waals surface area contributed by atoms with E-state index >= 15 is 0 Å². The van der Waals surface area contributed by atoms with Gasteiger partial charge >= 0.3 is 0 Å². The van der Waals surface area contributed by atoms with Gasteiger partial charge in [0.2, 0.25) is 0 Å². The van der Waals surface area contributed by atoms with Crippen LogP contribution in [0.5, 0.6) is 0 Å². The number of fused-ring (bicyclic) bond motifs is 1. The average molecular weight is 211 g/mol. The van der Waals surface area contributed by atoms with Crippen LogP contribution in [0.1, 0.15) is 51.9 Å². The number of aliphatic hydroxyl groups excluding tert-OH is 1. The molecule has 15 heavy (non-hydrogen) atoms.